The SMILES string of the molecule is CCOC(=O)Nc1cc(C2NOC(c3cc(Cl)cc(Cl)c3)=C2C(F)(F)F)ccc1C. The topological polar surface area (TPSA) is 59.6 Å². The fraction of sp³-hybridized carbons (Fsp3) is 0.250. The fourth-order valence-corrected chi connectivity index (χ4v) is 3.55. The average Bonchev–Trinajstić information content (AvgIpc) is 3.08. The molecule has 1 aliphatic rings. The van der Waals surface area contributed by atoms with Gasteiger partial charge >= 0.3 is 12.3 Å². The molecule has 160 valence electrons. The van der Waals surface area contributed by atoms with Gasteiger partial charge in [0.1, 0.15) is 11.6 Å². The van der Waals surface area contributed by atoms with E-state index in [9.17, 15) is 18.0 Å². The van der Waals surface area contributed by atoms with Gasteiger partial charge in [0.05, 0.1) is 6.61 Å². The standard InChI is InChI=1S/C20H17Cl2F3N2O3/c1-3-29-19(28)26-15-8-11(5-4-10(15)2)17-16(20(23,24)25)18(30-27-17)12-6-13(21)9-14(22)7-12/h4-9,17,27H,3H2,1-2H3,(H,26,28). The Balaban J connectivity index is 2.05. The number of anilines is 1. The van der Waals surface area contributed by atoms with Crippen LogP contribution in [-0.2, 0) is 9.57 Å². The molecule has 0 saturated carbocycles. The van der Waals surface area contributed by atoms with Gasteiger partial charge in [0.15, 0.2) is 5.76 Å². The van der Waals surface area contributed by atoms with Crippen molar-refractivity contribution in [3.63, 3.8) is 0 Å². The maximum atomic E-state index is 14.0. The number of hydroxylamine groups is 1. The third-order valence-corrected chi connectivity index (χ3v) is 4.79. The van der Waals surface area contributed by atoms with E-state index in [1.165, 1.54) is 30.3 Å². The number of carbonyl (C=O) groups excluding carboxylic acids is 1. The minimum atomic E-state index is -4.71. The summed E-state index contributed by atoms with van der Waals surface area (Å²) in [6, 6.07) is 7.30. The summed E-state index contributed by atoms with van der Waals surface area (Å²) in [4.78, 5) is 17.0. The molecule has 0 bridgehead atoms. The summed E-state index contributed by atoms with van der Waals surface area (Å²) < 4.78 is 46.8. The van der Waals surface area contributed by atoms with Crippen molar-refractivity contribution in [3.05, 3.63) is 68.7 Å². The molecule has 1 aliphatic heterocycles. The Kier molecular flexibility index (Phi) is 6.50. The van der Waals surface area contributed by atoms with Crippen LogP contribution in [0.4, 0.5) is 23.7 Å². The van der Waals surface area contributed by atoms with Crippen LogP contribution in [0.3, 0.4) is 0 Å². The molecule has 0 aliphatic carbocycles. The van der Waals surface area contributed by atoms with Crippen LogP contribution in [0.1, 0.15) is 29.7 Å². The highest BCUT2D eigenvalue weighted by molar-refractivity contribution is 6.34. The molecule has 0 saturated heterocycles. The number of nitrogens with one attached hydrogen (secondary N) is 2. The maximum absolute atomic E-state index is 14.0. The maximum Gasteiger partial charge on any atom is 0.418 e. The summed E-state index contributed by atoms with van der Waals surface area (Å²) in [7, 11) is 0. The van der Waals surface area contributed by atoms with E-state index in [1.54, 1.807) is 19.9 Å². The van der Waals surface area contributed by atoms with E-state index in [4.69, 9.17) is 32.8 Å². The highest BCUT2D eigenvalue weighted by Gasteiger charge is 2.47. The molecule has 0 fully saturated rings. The summed E-state index contributed by atoms with van der Waals surface area (Å²) in [6.45, 7) is 3.52. The van der Waals surface area contributed by atoms with Crippen molar-refractivity contribution in [2.45, 2.75) is 26.1 Å². The smallest absolute Gasteiger partial charge is 0.418 e. The number of carbonyl (C=O) groups is 1. The Bertz CT molecular complexity index is 989. The lowest BCUT2D eigenvalue weighted by molar-refractivity contribution is -0.0951. The molecule has 1 amide bonds. The van der Waals surface area contributed by atoms with Crippen LogP contribution in [0.15, 0.2) is 42.0 Å². The van der Waals surface area contributed by atoms with E-state index in [0.717, 1.165) is 0 Å². The van der Waals surface area contributed by atoms with Gasteiger partial charge in [0, 0.05) is 21.3 Å². The molecule has 0 aromatic heterocycles. The highest BCUT2D eigenvalue weighted by Crippen LogP contribution is 2.45. The van der Waals surface area contributed by atoms with E-state index in [1.807, 2.05) is 0 Å². The van der Waals surface area contributed by atoms with Crippen molar-refractivity contribution in [3.8, 4) is 0 Å². The van der Waals surface area contributed by atoms with Crippen LogP contribution in [0, 0.1) is 6.92 Å². The van der Waals surface area contributed by atoms with Crippen LogP contribution in [0.25, 0.3) is 5.76 Å². The van der Waals surface area contributed by atoms with Crippen LogP contribution in [0.2, 0.25) is 10.0 Å². The van der Waals surface area contributed by atoms with E-state index >= 15 is 0 Å². The van der Waals surface area contributed by atoms with Gasteiger partial charge < -0.3 is 9.57 Å². The van der Waals surface area contributed by atoms with Gasteiger partial charge in [-0.15, -0.1) is 5.48 Å². The zero-order valence-corrected chi connectivity index (χ0v) is 17.4. The van der Waals surface area contributed by atoms with E-state index < -0.39 is 29.6 Å². The summed E-state index contributed by atoms with van der Waals surface area (Å²) in [5.74, 6) is -0.419. The Morgan fingerprint density at radius 1 is 1.20 bits per heavy atom. The summed E-state index contributed by atoms with van der Waals surface area (Å²) in [5, 5.41) is 2.88. The van der Waals surface area contributed by atoms with Gasteiger partial charge in [-0.3, -0.25) is 5.32 Å². The molecular formula is C20H17Cl2F3N2O3. The van der Waals surface area contributed by atoms with Gasteiger partial charge in [0.2, 0.25) is 0 Å². The monoisotopic (exact) mass is 460 g/mol. The van der Waals surface area contributed by atoms with Crippen molar-refractivity contribution in [1.29, 1.82) is 0 Å². The molecule has 1 atom stereocenters. The van der Waals surface area contributed by atoms with Crippen LogP contribution in [-0.4, -0.2) is 18.9 Å². The van der Waals surface area contributed by atoms with Gasteiger partial charge in [-0.25, -0.2) is 4.79 Å². The number of rotatable bonds is 4. The number of aryl methyl sites for hydroxylation is 1. The van der Waals surface area contributed by atoms with Crippen molar-refractivity contribution in [1.82, 2.24) is 5.48 Å². The lowest BCUT2D eigenvalue weighted by Gasteiger charge is -2.18. The first kappa shape index (κ1) is 22.3. The molecule has 3 rings (SSSR count). The first-order chi connectivity index (χ1) is 14.1. The Morgan fingerprint density at radius 2 is 1.87 bits per heavy atom. The van der Waals surface area contributed by atoms with Crippen molar-refractivity contribution < 1.29 is 27.5 Å². The molecule has 2 N–H and O–H groups in total. The van der Waals surface area contributed by atoms with Gasteiger partial charge in [-0.2, -0.15) is 13.2 Å². The second-order valence-electron chi connectivity index (χ2n) is 6.47. The minimum Gasteiger partial charge on any atom is -0.450 e. The molecule has 5 nitrogen and oxygen atoms in total. The van der Waals surface area contributed by atoms with Crippen molar-refractivity contribution >= 4 is 40.7 Å². The Hall–Kier alpha value is -2.42. The van der Waals surface area contributed by atoms with E-state index in [-0.39, 0.29) is 27.8 Å². The number of amides is 1. The number of alkyl halides is 3. The molecule has 30 heavy (non-hydrogen) atoms. The molecule has 1 unspecified atom stereocenters. The summed E-state index contributed by atoms with van der Waals surface area (Å²) in [6.07, 6.45) is -5.41. The second-order valence-corrected chi connectivity index (χ2v) is 7.34. The predicted octanol–water partition coefficient (Wildman–Crippen LogP) is 6.42. The van der Waals surface area contributed by atoms with Gasteiger partial charge in [-0.1, -0.05) is 35.3 Å². The number of hydrogen-bond donors (Lipinski definition) is 2. The molecule has 0 spiro atoms. The third-order valence-electron chi connectivity index (χ3n) is 4.35. The Labute approximate surface area is 180 Å². The fourth-order valence-electron chi connectivity index (χ4n) is 3.02. The second kappa shape index (κ2) is 8.75. The average molecular weight is 461 g/mol. The first-order valence-corrected chi connectivity index (χ1v) is 9.60. The number of benzene rings is 2. The van der Waals surface area contributed by atoms with Crippen LogP contribution in [0.5, 0.6) is 0 Å². The summed E-state index contributed by atoms with van der Waals surface area (Å²) in [5.41, 5.74) is 2.79. The zero-order chi connectivity index (χ0) is 22.1. The van der Waals surface area contributed by atoms with Crippen LogP contribution >= 0.6 is 23.2 Å². The molecular weight excluding hydrogens is 444 g/mol. The molecule has 10 heteroatoms. The zero-order valence-electron chi connectivity index (χ0n) is 15.9. The largest absolute Gasteiger partial charge is 0.450 e. The van der Waals surface area contributed by atoms with E-state index in [0.29, 0.717) is 11.3 Å². The molecule has 2 aromatic rings. The van der Waals surface area contributed by atoms with Crippen LogP contribution < -0.4 is 10.8 Å². The number of ether oxygens (including phenoxy) is 1. The van der Waals surface area contributed by atoms with Gasteiger partial charge in [-0.05, 0) is 49.2 Å². The Morgan fingerprint density at radius 3 is 2.47 bits per heavy atom. The van der Waals surface area contributed by atoms with Gasteiger partial charge in [0.25, 0.3) is 0 Å². The third kappa shape index (κ3) is 4.83. The van der Waals surface area contributed by atoms with E-state index in [2.05, 4.69) is 10.8 Å². The number of hydrogen-bond acceptors (Lipinski definition) is 4. The minimum absolute atomic E-state index is 0.0896. The first-order valence-electron chi connectivity index (χ1n) is 8.84. The molecule has 1 heterocycles. The lowest BCUT2D eigenvalue weighted by Crippen LogP contribution is -2.23. The normalized spacial score (nSPS) is 16.4. The molecule has 2 aromatic carbocycles. The van der Waals surface area contributed by atoms with Crippen molar-refractivity contribution in [2.24, 2.45) is 0 Å². The lowest BCUT2D eigenvalue weighted by atomic mass is 9.95. The summed E-state index contributed by atoms with van der Waals surface area (Å²) >= 11 is 11.9. The quantitative estimate of drug-likeness (QED) is 0.552. The van der Waals surface area contributed by atoms with Crippen molar-refractivity contribution in [2.75, 3.05) is 11.9 Å². The number of halogens is 5. The predicted molar refractivity (Wildman–Crippen MR) is 108 cm³/mol. The molecule has 0 radical (unpaired) electrons. The highest BCUT2D eigenvalue weighted by atomic mass is 35.5.